The molecule has 18 heavy (non-hydrogen) atoms. The number of rotatable bonds is 3. The fraction of sp³-hybridized carbons (Fsp3) is 0.400. The third-order valence-electron chi connectivity index (χ3n) is 4.25. The summed E-state index contributed by atoms with van der Waals surface area (Å²) in [5, 5.41) is 5.84. The van der Waals surface area contributed by atoms with Gasteiger partial charge in [0.1, 0.15) is 0 Å². The van der Waals surface area contributed by atoms with Crippen LogP contribution in [0.4, 0.5) is 11.4 Å². The van der Waals surface area contributed by atoms with E-state index in [1.165, 1.54) is 19.3 Å². The molecule has 0 amide bonds. The van der Waals surface area contributed by atoms with Crippen LogP contribution in [0.2, 0.25) is 0 Å². The molecule has 0 saturated heterocycles. The molecule has 1 heterocycles. The average Bonchev–Trinajstić information content (AvgIpc) is 2.37. The molecule has 3 N–H and O–H groups in total. The summed E-state index contributed by atoms with van der Waals surface area (Å²) in [5.74, 6) is 0. The van der Waals surface area contributed by atoms with Gasteiger partial charge in [0, 0.05) is 28.7 Å². The van der Waals surface area contributed by atoms with Crippen LogP contribution in [0.1, 0.15) is 32.6 Å². The van der Waals surface area contributed by atoms with E-state index >= 15 is 0 Å². The number of anilines is 2. The van der Waals surface area contributed by atoms with E-state index < -0.39 is 0 Å². The Bertz CT molecular complexity index is 567. The lowest BCUT2D eigenvalue weighted by Crippen LogP contribution is -2.44. The summed E-state index contributed by atoms with van der Waals surface area (Å²) in [5.41, 5.74) is 8.45. The summed E-state index contributed by atoms with van der Waals surface area (Å²) < 4.78 is 0. The molecular formula is C15H19N3. The van der Waals surface area contributed by atoms with Crippen LogP contribution in [0.15, 0.2) is 30.6 Å². The number of nitrogen functional groups attached to an aromatic ring is 1. The fourth-order valence-electron chi connectivity index (χ4n) is 2.76. The average molecular weight is 241 g/mol. The van der Waals surface area contributed by atoms with E-state index in [1.807, 2.05) is 12.3 Å². The van der Waals surface area contributed by atoms with E-state index in [4.69, 9.17) is 5.73 Å². The Morgan fingerprint density at radius 3 is 2.83 bits per heavy atom. The van der Waals surface area contributed by atoms with E-state index in [2.05, 4.69) is 29.4 Å². The van der Waals surface area contributed by atoms with Crippen molar-refractivity contribution in [2.75, 3.05) is 11.1 Å². The predicted molar refractivity (Wildman–Crippen MR) is 76.7 cm³/mol. The zero-order valence-corrected chi connectivity index (χ0v) is 10.7. The smallest absolute Gasteiger partial charge is 0.0630 e. The molecule has 3 heteroatoms. The number of hydrogen-bond acceptors (Lipinski definition) is 3. The topological polar surface area (TPSA) is 50.9 Å². The first kappa shape index (κ1) is 11.3. The minimum absolute atomic E-state index is 0.273. The summed E-state index contributed by atoms with van der Waals surface area (Å²) in [6, 6.07) is 6.15. The minimum Gasteiger partial charge on any atom is -0.397 e. The van der Waals surface area contributed by atoms with Crippen LogP contribution in [0.5, 0.6) is 0 Å². The summed E-state index contributed by atoms with van der Waals surface area (Å²) in [4.78, 5) is 4.13. The Labute approximate surface area is 107 Å². The van der Waals surface area contributed by atoms with Crippen LogP contribution in [0.25, 0.3) is 10.8 Å². The van der Waals surface area contributed by atoms with Gasteiger partial charge in [-0.1, -0.05) is 13.0 Å². The molecule has 0 aliphatic heterocycles. The highest BCUT2D eigenvalue weighted by Gasteiger charge is 2.35. The predicted octanol–water partition coefficient (Wildman–Crippen LogP) is 3.56. The maximum atomic E-state index is 6.27. The summed E-state index contributed by atoms with van der Waals surface area (Å²) in [6.07, 6.45) is 8.61. The first-order chi connectivity index (χ1) is 8.74. The lowest BCUT2D eigenvalue weighted by molar-refractivity contribution is 0.270. The Hall–Kier alpha value is -1.77. The van der Waals surface area contributed by atoms with Crippen molar-refractivity contribution in [3.63, 3.8) is 0 Å². The Kier molecular flexibility index (Phi) is 2.62. The van der Waals surface area contributed by atoms with E-state index in [1.54, 1.807) is 6.20 Å². The molecule has 1 saturated carbocycles. The summed E-state index contributed by atoms with van der Waals surface area (Å²) >= 11 is 0. The van der Waals surface area contributed by atoms with E-state index in [0.717, 1.165) is 28.6 Å². The number of aromatic nitrogens is 1. The minimum atomic E-state index is 0.273. The Balaban J connectivity index is 2.00. The van der Waals surface area contributed by atoms with E-state index in [-0.39, 0.29) is 5.54 Å². The van der Waals surface area contributed by atoms with Gasteiger partial charge in [0.15, 0.2) is 0 Å². The van der Waals surface area contributed by atoms with Gasteiger partial charge < -0.3 is 11.1 Å². The normalized spacial score (nSPS) is 17.4. The third-order valence-corrected chi connectivity index (χ3v) is 4.25. The van der Waals surface area contributed by atoms with Crippen molar-refractivity contribution in [1.82, 2.24) is 4.98 Å². The fourth-order valence-corrected chi connectivity index (χ4v) is 2.76. The standard InChI is InChI=1S/C15H19N3/c1-2-15(7-3-8-15)18-13-5-4-11-10-17-9-6-12(11)14(13)16/h4-6,9-10,18H,2-3,7-8,16H2,1H3. The van der Waals surface area contributed by atoms with Crippen LogP contribution >= 0.6 is 0 Å². The highest BCUT2D eigenvalue weighted by molar-refractivity contribution is 5.98. The number of hydrogen-bond donors (Lipinski definition) is 2. The number of benzene rings is 1. The number of nitrogens with two attached hydrogens (primary N) is 1. The molecule has 1 aliphatic rings. The van der Waals surface area contributed by atoms with Crippen molar-refractivity contribution < 1.29 is 0 Å². The highest BCUT2D eigenvalue weighted by atomic mass is 15.0. The van der Waals surface area contributed by atoms with E-state index in [9.17, 15) is 0 Å². The lowest BCUT2D eigenvalue weighted by atomic mass is 9.74. The molecule has 3 rings (SSSR count). The van der Waals surface area contributed by atoms with Crippen LogP contribution in [0.3, 0.4) is 0 Å². The van der Waals surface area contributed by atoms with Gasteiger partial charge in [-0.25, -0.2) is 0 Å². The SMILES string of the molecule is CCC1(Nc2ccc3cnccc3c2N)CCC1. The van der Waals surface area contributed by atoms with Gasteiger partial charge in [-0.3, -0.25) is 4.98 Å². The van der Waals surface area contributed by atoms with Gasteiger partial charge in [0.2, 0.25) is 0 Å². The summed E-state index contributed by atoms with van der Waals surface area (Å²) in [6.45, 7) is 2.24. The molecule has 1 aromatic heterocycles. The quantitative estimate of drug-likeness (QED) is 0.808. The van der Waals surface area contributed by atoms with Gasteiger partial charge in [-0.15, -0.1) is 0 Å². The van der Waals surface area contributed by atoms with E-state index in [0.29, 0.717) is 0 Å². The molecule has 94 valence electrons. The zero-order chi connectivity index (χ0) is 12.6. The Morgan fingerprint density at radius 1 is 1.33 bits per heavy atom. The molecular weight excluding hydrogens is 222 g/mol. The largest absolute Gasteiger partial charge is 0.397 e. The van der Waals surface area contributed by atoms with Crippen LogP contribution < -0.4 is 11.1 Å². The molecule has 3 nitrogen and oxygen atoms in total. The number of nitrogens with one attached hydrogen (secondary N) is 1. The second kappa shape index (κ2) is 4.16. The van der Waals surface area contributed by atoms with Crippen molar-refractivity contribution in [3.05, 3.63) is 30.6 Å². The molecule has 0 spiro atoms. The van der Waals surface area contributed by atoms with Gasteiger partial charge in [-0.05, 0) is 37.8 Å². The molecule has 2 aromatic rings. The van der Waals surface area contributed by atoms with Crippen molar-refractivity contribution in [3.8, 4) is 0 Å². The number of pyridine rings is 1. The maximum absolute atomic E-state index is 6.27. The molecule has 0 radical (unpaired) electrons. The molecule has 1 aromatic carbocycles. The van der Waals surface area contributed by atoms with Crippen LogP contribution in [0, 0.1) is 0 Å². The maximum Gasteiger partial charge on any atom is 0.0630 e. The van der Waals surface area contributed by atoms with Crippen molar-refractivity contribution in [2.45, 2.75) is 38.1 Å². The monoisotopic (exact) mass is 241 g/mol. The molecule has 0 atom stereocenters. The first-order valence-corrected chi connectivity index (χ1v) is 6.64. The molecule has 0 bridgehead atoms. The lowest BCUT2D eigenvalue weighted by Gasteiger charge is -2.43. The first-order valence-electron chi connectivity index (χ1n) is 6.64. The molecule has 1 fully saturated rings. The second-order valence-electron chi connectivity index (χ2n) is 5.24. The van der Waals surface area contributed by atoms with Gasteiger partial charge in [0.05, 0.1) is 11.4 Å². The molecule has 0 unspecified atom stereocenters. The van der Waals surface area contributed by atoms with Crippen molar-refractivity contribution >= 4 is 22.1 Å². The Morgan fingerprint density at radius 2 is 2.17 bits per heavy atom. The van der Waals surface area contributed by atoms with Crippen molar-refractivity contribution in [2.24, 2.45) is 0 Å². The number of fused-ring (bicyclic) bond motifs is 1. The van der Waals surface area contributed by atoms with Crippen LogP contribution in [-0.4, -0.2) is 10.5 Å². The summed E-state index contributed by atoms with van der Waals surface area (Å²) in [7, 11) is 0. The van der Waals surface area contributed by atoms with Crippen LogP contribution in [-0.2, 0) is 0 Å². The van der Waals surface area contributed by atoms with Gasteiger partial charge in [-0.2, -0.15) is 0 Å². The van der Waals surface area contributed by atoms with Gasteiger partial charge >= 0.3 is 0 Å². The third kappa shape index (κ3) is 1.70. The van der Waals surface area contributed by atoms with Crippen molar-refractivity contribution in [1.29, 1.82) is 0 Å². The highest BCUT2D eigenvalue weighted by Crippen LogP contribution is 2.40. The van der Waals surface area contributed by atoms with Gasteiger partial charge in [0.25, 0.3) is 0 Å². The zero-order valence-electron chi connectivity index (χ0n) is 10.7. The molecule has 1 aliphatic carbocycles. The number of nitrogens with zero attached hydrogens (tertiary/aromatic N) is 1. The second-order valence-corrected chi connectivity index (χ2v) is 5.24.